The highest BCUT2D eigenvalue weighted by Crippen LogP contribution is 2.39. The van der Waals surface area contributed by atoms with Gasteiger partial charge in [-0.2, -0.15) is 36.6 Å². The Balaban J connectivity index is 1.90. The molecule has 0 saturated heterocycles. The zero-order valence-corrected chi connectivity index (χ0v) is 15.9. The third-order valence-corrected chi connectivity index (χ3v) is 5.39. The summed E-state index contributed by atoms with van der Waals surface area (Å²) in [5.74, 6) is -2.69. The molecule has 0 fully saturated rings. The van der Waals surface area contributed by atoms with E-state index in [2.05, 4.69) is 20.6 Å². The molecule has 0 radical (unpaired) electrons. The van der Waals surface area contributed by atoms with Crippen molar-refractivity contribution in [3.63, 3.8) is 0 Å². The molecule has 0 bridgehead atoms. The molecule has 0 saturated carbocycles. The van der Waals surface area contributed by atoms with Crippen LogP contribution in [0.15, 0.2) is 6.20 Å². The molecule has 1 aliphatic rings. The second kappa shape index (κ2) is 7.63. The van der Waals surface area contributed by atoms with Crippen molar-refractivity contribution in [1.82, 2.24) is 14.9 Å². The van der Waals surface area contributed by atoms with Gasteiger partial charge in [0, 0.05) is 24.7 Å². The Morgan fingerprint density at radius 3 is 2.57 bits per heavy atom. The van der Waals surface area contributed by atoms with E-state index in [0.717, 1.165) is 11.3 Å². The van der Waals surface area contributed by atoms with Crippen LogP contribution in [0.3, 0.4) is 0 Å². The lowest BCUT2D eigenvalue weighted by molar-refractivity contribution is -0.186. The van der Waals surface area contributed by atoms with E-state index in [4.69, 9.17) is 0 Å². The molecule has 160 valence electrons. The number of amides is 1. The molecule has 2 N–H and O–H groups in total. The van der Waals surface area contributed by atoms with E-state index in [1.165, 1.54) is 7.05 Å². The standard InChI is InChI=1S/C16H12F6N6OS/c1-24-11-9(15(17,18)19)5-25-14(26-11)27-12-8(4-23)7-2-3-28(6-10(7)30-12)13(29)16(20,21)22/h5H,2-3,6H2,1H3,(H2,24,25,26,27). The average molecular weight is 450 g/mol. The van der Waals surface area contributed by atoms with Gasteiger partial charge in [0.15, 0.2) is 0 Å². The predicted octanol–water partition coefficient (Wildman–Crippen LogP) is 3.66. The first-order valence-electron chi connectivity index (χ1n) is 8.25. The highest BCUT2D eigenvalue weighted by atomic mass is 32.1. The molecular formula is C16H12F6N6OS. The van der Waals surface area contributed by atoms with E-state index in [-0.39, 0.29) is 36.0 Å². The van der Waals surface area contributed by atoms with Crippen LogP contribution in [0.1, 0.15) is 21.6 Å². The Hall–Kier alpha value is -3.08. The summed E-state index contributed by atoms with van der Waals surface area (Å²) in [5, 5.41) is 14.6. The van der Waals surface area contributed by atoms with Crippen molar-refractivity contribution in [3.8, 4) is 6.07 Å². The summed E-state index contributed by atoms with van der Waals surface area (Å²) >= 11 is 0.919. The Bertz CT molecular complexity index is 1020. The second-order valence-electron chi connectivity index (χ2n) is 6.12. The van der Waals surface area contributed by atoms with Gasteiger partial charge in [-0.05, 0) is 12.0 Å². The molecule has 0 unspecified atom stereocenters. The van der Waals surface area contributed by atoms with Gasteiger partial charge in [-0.3, -0.25) is 4.79 Å². The number of hydrogen-bond donors (Lipinski definition) is 2. The van der Waals surface area contributed by atoms with Gasteiger partial charge in [0.2, 0.25) is 5.95 Å². The molecule has 0 aliphatic carbocycles. The lowest BCUT2D eigenvalue weighted by atomic mass is 10.0. The third kappa shape index (κ3) is 4.11. The molecular weight excluding hydrogens is 438 g/mol. The van der Waals surface area contributed by atoms with Crippen molar-refractivity contribution >= 4 is 34.0 Å². The van der Waals surface area contributed by atoms with Crippen LogP contribution in [0, 0.1) is 11.3 Å². The number of alkyl halides is 6. The van der Waals surface area contributed by atoms with Gasteiger partial charge >= 0.3 is 18.3 Å². The number of nitriles is 1. The number of rotatable bonds is 3. The first kappa shape index (κ1) is 21.6. The first-order chi connectivity index (χ1) is 14.0. The van der Waals surface area contributed by atoms with Crippen molar-refractivity contribution in [3.05, 3.63) is 27.8 Å². The van der Waals surface area contributed by atoms with Crippen molar-refractivity contribution in [1.29, 1.82) is 5.26 Å². The molecule has 0 atom stereocenters. The quantitative estimate of drug-likeness (QED) is 0.694. The minimum atomic E-state index is -5.01. The van der Waals surface area contributed by atoms with Crippen LogP contribution in [0.5, 0.6) is 0 Å². The molecule has 30 heavy (non-hydrogen) atoms. The zero-order valence-electron chi connectivity index (χ0n) is 15.1. The van der Waals surface area contributed by atoms with Crippen molar-refractivity contribution in [2.24, 2.45) is 0 Å². The van der Waals surface area contributed by atoms with Crippen molar-refractivity contribution in [2.75, 3.05) is 24.2 Å². The minimum absolute atomic E-state index is 0.0356. The van der Waals surface area contributed by atoms with E-state index < -0.39 is 29.6 Å². The summed E-state index contributed by atoms with van der Waals surface area (Å²) in [4.78, 5) is 19.8. The minimum Gasteiger partial charge on any atom is -0.372 e. The lowest BCUT2D eigenvalue weighted by Gasteiger charge is -2.27. The second-order valence-corrected chi connectivity index (χ2v) is 7.23. The van der Waals surface area contributed by atoms with E-state index in [1.807, 2.05) is 6.07 Å². The smallest absolute Gasteiger partial charge is 0.372 e. The lowest BCUT2D eigenvalue weighted by Crippen LogP contribution is -2.43. The molecule has 2 aromatic rings. The molecule has 3 rings (SSSR count). The Kier molecular flexibility index (Phi) is 5.50. The highest BCUT2D eigenvalue weighted by molar-refractivity contribution is 7.16. The maximum atomic E-state index is 13.0. The normalized spacial score (nSPS) is 14.1. The van der Waals surface area contributed by atoms with Crippen LogP contribution >= 0.6 is 11.3 Å². The molecule has 1 aliphatic heterocycles. The Morgan fingerprint density at radius 1 is 1.30 bits per heavy atom. The molecule has 1 amide bonds. The number of hydrogen-bond acceptors (Lipinski definition) is 7. The number of carbonyl (C=O) groups is 1. The van der Waals surface area contributed by atoms with Crippen LogP contribution in [0.2, 0.25) is 0 Å². The average Bonchev–Trinajstić information content (AvgIpc) is 3.01. The summed E-state index contributed by atoms with van der Waals surface area (Å²) in [6.45, 7) is -0.540. The fourth-order valence-electron chi connectivity index (χ4n) is 2.90. The van der Waals surface area contributed by atoms with Gasteiger partial charge in [0.25, 0.3) is 0 Å². The topological polar surface area (TPSA) is 93.9 Å². The van der Waals surface area contributed by atoms with Crippen molar-refractivity contribution < 1.29 is 31.1 Å². The van der Waals surface area contributed by atoms with Gasteiger partial charge in [-0.1, -0.05) is 0 Å². The van der Waals surface area contributed by atoms with Gasteiger partial charge in [-0.15, -0.1) is 11.3 Å². The molecule has 14 heteroatoms. The maximum Gasteiger partial charge on any atom is 0.471 e. The number of nitrogens with zero attached hydrogens (tertiary/aromatic N) is 4. The number of halogens is 6. The van der Waals surface area contributed by atoms with Crippen LogP contribution in [0.25, 0.3) is 0 Å². The molecule has 7 nitrogen and oxygen atoms in total. The SMILES string of the molecule is CNc1nc(Nc2sc3c(c2C#N)CCN(C(=O)C(F)(F)F)C3)ncc1C(F)(F)F. The first-order valence-corrected chi connectivity index (χ1v) is 9.07. The summed E-state index contributed by atoms with van der Waals surface area (Å²) < 4.78 is 76.9. The molecule has 0 aromatic carbocycles. The summed E-state index contributed by atoms with van der Waals surface area (Å²) in [7, 11) is 1.25. The number of carbonyl (C=O) groups excluding carboxylic acids is 1. The van der Waals surface area contributed by atoms with E-state index in [0.29, 0.717) is 21.5 Å². The summed E-state index contributed by atoms with van der Waals surface area (Å²) in [5.41, 5.74) is -0.469. The van der Waals surface area contributed by atoms with Gasteiger partial charge in [-0.25, -0.2) is 4.98 Å². The van der Waals surface area contributed by atoms with Gasteiger partial charge in [0.1, 0.15) is 22.5 Å². The number of thiophene rings is 1. The molecule has 3 heterocycles. The fourth-order valence-corrected chi connectivity index (χ4v) is 4.11. The van der Waals surface area contributed by atoms with Crippen LogP contribution in [-0.4, -0.2) is 40.5 Å². The number of aromatic nitrogens is 2. The van der Waals surface area contributed by atoms with E-state index in [9.17, 15) is 36.4 Å². The van der Waals surface area contributed by atoms with Crippen LogP contribution in [-0.2, 0) is 23.9 Å². The molecule has 0 spiro atoms. The molecule has 2 aromatic heterocycles. The van der Waals surface area contributed by atoms with Crippen molar-refractivity contribution in [2.45, 2.75) is 25.3 Å². The van der Waals surface area contributed by atoms with E-state index in [1.54, 1.807) is 0 Å². The Labute approximate surface area is 169 Å². The Morgan fingerprint density at radius 2 is 2.00 bits per heavy atom. The summed E-state index contributed by atoms with van der Waals surface area (Å²) in [6.07, 6.45) is -9.07. The monoisotopic (exact) mass is 450 g/mol. The number of fused-ring (bicyclic) bond motifs is 1. The zero-order chi connectivity index (χ0) is 22.3. The van der Waals surface area contributed by atoms with E-state index >= 15 is 0 Å². The van der Waals surface area contributed by atoms with Crippen LogP contribution < -0.4 is 10.6 Å². The van der Waals surface area contributed by atoms with Gasteiger partial charge in [0.05, 0.1) is 12.1 Å². The number of nitrogens with one attached hydrogen (secondary N) is 2. The predicted molar refractivity (Wildman–Crippen MR) is 94.1 cm³/mol. The number of anilines is 3. The van der Waals surface area contributed by atoms with Gasteiger partial charge < -0.3 is 15.5 Å². The third-order valence-electron chi connectivity index (χ3n) is 4.25. The van der Waals surface area contributed by atoms with Crippen LogP contribution in [0.4, 0.5) is 43.1 Å². The maximum absolute atomic E-state index is 13.0. The fraction of sp³-hybridized carbons (Fsp3) is 0.375. The highest BCUT2D eigenvalue weighted by Gasteiger charge is 2.43. The summed E-state index contributed by atoms with van der Waals surface area (Å²) in [6, 6.07) is 1.93. The largest absolute Gasteiger partial charge is 0.471 e.